The number of rotatable bonds is 3. The van der Waals surface area contributed by atoms with Crippen LogP contribution in [0.5, 0.6) is 0 Å². The average molecular weight is 368 g/mol. The van der Waals surface area contributed by atoms with Gasteiger partial charge in [0.1, 0.15) is 18.2 Å². The molecule has 0 N–H and O–H groups in total. The number of piperazine rings is 1. The van der Waals surface area contributed by atoms with E-state index in [2.05, 4.69) is 33.6 Å². The van der Waals surface area contributed by atoms with Crippen LogP contribution in [0, 0.1) is 11.3 Å². The van der Waals surface area contributed by atoms with Crippen LogP contribution >= 0.6 is 11.6 Å². The first-order chi connectivity index (χ1) is 12.6. The van der Waals surface area contributed by atoms with Gasteiger partial charge in [0.25, 0.3) is 0 Å². The number of fused-ring (bicyclic) bond motifs is 1. The topological polar surface area (TPSA) is 73.1 Å². The lowest BCUT2D eigenvalue weighted by Gasteiger charge is -2.38. The first-order valence-corrected chi connectivity index (χ1v) is 9.02. The largest absolute Gasteiger partial charge is 0.351 e. The van der Waals surface area contributed by atoms with Crippen LogP contribution in [0.1, 0.15) is 24.3 Å². The molecule has 7 heteroatoms. The Balaban J connectivity index is 1.71. The number of hydrogen-bond acceptors (Lipinski definition) is 5. The van der Waals surface area contributed by atoms with Crippen molar-refractivity contribution in [2.75, 3.05) is 24.5 Å². The molecule has 1 saturated heterocycles. The van der Waals surface area contributed by atoms with Crippen molar-refractivity contribution in [1.29, 1.82) is 5.26 Å². The van der Waals surface area contributed by atoms with Crippen LogP contribution in [0.3, 0.4) is 0 Å². The van der Waals surface area contributed by atoms with E-state index in [-0.39, 0.29) is 5.91 Å². The first-order valence-electron chi connectivity index (χ1n) is 8.64. The second-order valence-electron chi connectivity index (χ2n) is 6.69. The molecule has 2 aromatic rings. The smallest absolute Gasteiger partial charge is 0.247 e. The fourth-order valence-electron chi connectivity index (χ4n) is 3.51. The monoisotopic (exact) mass is 367 g/mol. The highest BCUT2D eigenvalue weighted by Gasteiger charge is 2.31. The van der Waals surface area contributed by atoms with Gasteiger partial charge in [-0.25, -0.2) is 9.97 Å². The van der Waals surface area contributed by atoms with E-state index >= 15 is 0 Å². The second kappa shape index (κ2) is 6.58. The third kappa shape index (κ3) is 2.89. The number of nitrogens with zero attached hydrogens (tertiary/aromatic N) is 5. The molecule has 1 atom stereocenters. The standard InChI is InChI=1S/C19H18ClN5O/c1-2-18(26)25-6-5-24(10-13(25)9-21)19-15-7-14(12-3-4-12)16(20)8-17(15)22-11-23-19/h2,7-8,11-13H,1,3-6,10H2. The first kappa shape index (κ1) is 16.8. The molecule has 0 bridgehead atoms. The summed E-state index contributed by atoms with van der Waals surface area (Å²) in [5, 5.41) is 11.2. The predicted octanol–water partition coefficient (Wildman–Crippen LogP) is 2.89. The van der Waals surface area contributed by atoms with Crippen molar-refractivity contribution >= 4 is 34.2 Å². The number of benzene rings is 1. The van der Waals surface area contributed by atoms with Crippen LogP contribution in [0.4, 0.5) is 5.82 Å². The second-order valence-corrected chi connectivity index (χ2v) is 7.10. The molecule has 0 radical (unpaired) electrons. The van der Waals surface area contributed by atoms with E-state index in [1.54, 1.807) is 4.90 Å². The highest BCUT2D eigenvalue weighted by molar-refractivity contribution is 6.32. The van der Waals surface area contributed by atoms with Crippen LogP contribution in [-0.2, 0) is 4.79 Å². The number of hydrogen-bond donors (Lipinski definition) is 0. The summed E-state index contributed by atoms with van der Waals surface area (Å²) in [6.07, 6.45) is 5.09. The van der Waals surface area contributed by atoms with E-state index in [1.165, 1.54) is 12.4 Å². The molecule has 2 heterocycles. The molecule has 0 spiro atoms. The van der Waals surface area contributed by atoms with Gasteiger partial charge in [0, 0.05) is 23.5 Å². The van der Waals surface area contributed by atoms with E-state index in [0.717, 1.165) is 40.1 Å². The minimum absolute atomic E-state index is 0.216. The maximum atomic E-state index is 12.0. The number of carbonyl (C=O) groups excluding carboxylic acids is 1. The lowest BCUT2D eigenvalue weighted by Crippen LogP contribution is -2.54. The Labute approximate surface area is 156 Å². The molecular weight excluding hydrogens is 350 g/mol. The van der Waals surface area contributed by atoms with E-state index in [4.69, 9.17) is 11.6 Å². The van der Waals surface area contributed by atoms with Crippen LogP contribution in [0.25, 0.3) is 10.9 Å². The minimum Gasteiger partial charge on any atom is -0.351 e. The van der Waals surface area contributed by atoms with Gasteiger partial charge in [-0.15, -0.1) is 0 Å². The molecule has 1 aliphatic carbocycles. The van der Waals surface area contributed by atoms with Gasteiger partial charge < -0.3 is 9.80 Å². The summed E-state index contributed by atoms with van der Waals surface area (Å²) in [6, 6.07) is 5.67. The molecule has 1 aromatic heterocycles. The highest BCUT2D eigenvalue weighted by atomic mass is 35.5. The molecule has 1 aromatic carbocycles. The fraction of sp³-hybridized carbons (Fsp3) is 0.368. The molecule has 1 saturated carbocycles. The zero-order valence-corrected chi connectivity index (χ0v) is 15.0. The third-order valence-electron chi connectivity index (χ3n) is 5.04. The van der Waals surface area contributed by atoms with Crippen molar-refractivity contribution in [1.82, 2.24) is 14.9 Å². The van der Waals surface area contributed by atoms with E-state index in [0.29, 0.717) is 25.6 Å². The van der Waals surface area contributed by atoms with Crippen LogP contribution < -0.4 is 4.90 Å². The molecule has 1 unspecified atom stereocenters. The number of halogens is 1. The summed E-state index contributed by atoms with van der Waals surface area (Å²) in [5.74, 6) is 1.10. The average Bonchev–Trinajstić information content (AvgIpc) is 3.50. The van der Waals surface area contributed by atoms with E-state index < -0.39 is 6.04 Å². The van der Waals surface area contributed by atoms with Gasteiger partial charge >= 0.3 is 0 Å². The number of carbonyl (C=O) groups is 1. The molecule has 6 nitrogen and oxygen atoms in total. The minimum atomic E-state index is -0.533. The van der Waals surface area contributed by atoms with Crippen molar-refractivity contribution in [3.05, 3.63) is 41.7 Å². The molecule has 26 heavy (non-hydrogen) atoms. The highest BCUT2D eigenvalue weighted by Crippen LogP contribution is 2.45. The van der Waals surface area contributed by atoms with Gasteiger partial charge in [0.15, 0.2) is 0 Å². The molecule has 4 rings (SSSR count). The number of anilines is 1. The summed E-state index contributed by atoms with van der Waals surface area (Å²) in [4.78, 5) is 24.4. The van der Waals surface area contributed by atoms with E-state index in [1.807, 2.05) is 6.07 Å². The third-order valence-corrected chi connectivity index (χ3v) is 5.36. The van der Waals surface area contributed by atoms with Crippen molar-refractivity contribution in [3.63, 3.8) is 0 Å². The molecule has 1 amide bonds. The lowest BCUT2D eigenvalue weighted by atomic mass is 10.1. The Bertz CT molecular complexity index is 933. The molecule has 1 aliphatic heterocycles. The van der Waals surface area contributed by atoms with E-state index in [9.17, 15) is 10.1 Å². The van der Waals surface area contributed by atoms with Gasteiger partial charge in [0.2, 0.25) is 5.91 Å². The van der Waals surface area contributed by atoms with Crippen LogP contribution in [0.2, 0.25) is 5.02 Å². The van der Waals surface area contributed by atoms with Gasteiger partial charge in [-0.1, -0.05) is 18.2 Å². The van der Waals surface area contributed by atoms with Crippen molar-refractivity contribution in [2.45, 2.75) is 24.8 Å². The zero-order valence-electron chi connectivity index (χ0n) is 14.2. The quantitative estimate of drug-likeness (QED) is 0.780. The Morgan fingerprint density at radius 3 is 2.85 bits per heavy atom. The maximum absolute atomic E-state index is 12.0. The molecule has 2 fully saturated rings. The number of aromatic nitrogens is 2. The number of nitriles is 1. The summed E-state index contributed by atoms with van der Waals surface area (Å²) in [7, 11) is 0. The summed E-state index contributed by atoms with van der Waals surface area (Å²) in [6.45, 7) is 4.98. The van der Waals surface area contributed by atoms with Crippen molar-refractivity contribution < 1.29 is 4.79 Å². The SMILES string of the molecule is C=CC(=O)N1CCN(c2ncnc3cc(Cl)c(C4CC4)cc23)CC1C#N. The Morgan fingerprint density at radius 2 is 2.15 bits per heavy atom. The Hall–Kier alpha value is -2.65. The molecule has 2 aliphatic rings. The van der Waals surface area contributed by atoms with Crippen molar-refractivity contribution in [2.24, 2.45) is 0 Å². The summed E-state index contributed by atoms with van der Waals surface area (Å²) in [5.41, 5.74) is 1.94. The molecular formula is C19H18ClN5O. The molecule has 132 valence electrons. The Morgan fingerprint density at radius 1 is 1.35 bits per heavy atom. The van der Waals surface area contributed by atoms with Crippen LogP contribution in [-0.4, -0.2) is 46.5 Å². The van der Waals surface area contributed by atoms with Crippen molar-refractivity contribution in [3.8, 4) is 6.07 Å². The van der Waals surface area contributed by atoms with Crippen LogP contribution in [0.15, 0.2) is 31.1 Å². The zero-order chi connectivity index (χ0) is 18.3. The normalized spacial score (nSPS) is 20.1. The lowest BCUT2D eigenvalue weighted by molar-refractivity contribution is -0.127. The van der Waals surface area contributed by atoms with Gasteiger partial charge in [-0.3, -0.25) is 4.79 Å². The summed E-state index contributed by atoms with van der Waals surface area (Å²) < 4.78 is 0. The van der Waals surface area contributed by atoms with Gasteiger partial charge in [0.05, 0.1) is 18.1 Å². The van der Waals surface area contributed by atoms with Gasteiger partial charge in [-0.05, 0) is 42.5 Å². The Kier molecular flexibility index (Phi) is 4.25. The number of amides is 1. The summed E-state index contributed by atoms with van der Waals surface area (Å²) >= 11 is 6.42. The fourth-order valence-corrected chi connectivity index (χ4v) is 3.82. The van der Waals surface area contributed by atoms with Gasteiger partial charge in [-0.2, -0.15) is 5.26 Å². The maximum Gasteiger partial charge on any atom is 0.247 e. The predicted molar refractivity (Wildman–Crippen MR) is 100 cm³/mol.